The number of halogens is 1. The Morgan fingerprint density at radius 1 is 1.22 bits per heavy atom. The Morgan fingerprint density at radius 2 is 1.85 bits per heavy atom. The number of rotatable bonds is 3. The van der Waals surface area contributed by atoms with E-state index in [9.17, 15) is 9.59 Å². The number of nitriles is 1. The number of benzene rings is 1. The fourth-order valence-corrected chi connectivity index (χ4v) is 4.14. The fraction of sp³-hybridized carbons (Fsp3) is 0.476. The van der Waals surface area contributed by atoms with Gasteiger partial charge >= 0.3 is 0 Å². The molecule has 142 valence electrons. The predicted octanol–water partition coefficient (Wildman–Crippen LogP) is 3.77. The topological polar surface area (TPSA) is 64.4 Å². The standard InChI is InChI=1S/C21H24ClN3O2/c1-4-13(2)14(3)20(26)24-11-17-6-7-18(12-24)25(17)21(27)15-5-8-19(22)16(9-15)10-23/h5,8-9,17-18H,4,6-7,11-12H2,1-3H3/b14-13+/t17-,18+. The smallest absolute Gasteiger partial charge is 0.254 e. The first-order valence-corrected chi connectivity index (χ1v) is 9.73. The summed E-state index contributed by atoms with van der Waals surface area (Å²) in [5.74, 6) is -0.00335. The van der Waals surface area contributed by atoms with E-state index in [1.165, 1.54) is 0 Å². The second-order valence-electron chi connectivity index (χ2n) is 7.37. The maximum Gasteiger partial charge on any atom is 0.254 e. The third-order valence-corrected chi connectivity index (χ3v) is 6.16. The molecule has 1 aromatic carbocycles. The number of carbonyl (C=O) groups is 2. The van der Waals surface area contributed by atoms with Crippen LogP contribution in [0.4, 0.5) is 0 Å². The molecular formula is C21H24ClN3O2. The molecular weight excluding hydrogens is 362 g/mol. The number of fused-ring (bicyclic) bond motifs is 2. The summed E-state index contributed by atoms with van der Waals surface area (Å²) in [5.41, 5.74) is 2.70. The zero-order valence-electron chi connectivity index (χ0n) is 16.0. The molecule has 0 aliphatic carbocycles. The Balaban J connectivity index is 1.79. The van der Waals surface area contributed by atoms with Crippen LogP contribution in [0.3, 0.4) is 0 Å². The highest BCUT2D eigenvalue weighted by molar-refractivity contribution is 6.31. The third kappa shape index (κ3) is 3.59. The van der Waals surface area contributed by atoms with E-state index in [0.29, 0.717) is 29.2 Å². The van der Waals surface area contributed by atoms with Gasteiger partial charge < -0.3 is 9.80 Å². The SMILES string of the molecule is CC/C(C)=C(\C)C(=O)N1C[C@H]2CC[C@@H](C1)N2C(=O)c1ccc(Cl)c(C#N)c1. The zero-order valence-corrected chi connectivity index (χ0v) is 16.7. The van der Waals surface area contributed by atoms with E-state index in [0.717, 1.165) is 30.4 Å². The Labute approximate surface area is 165 Å². The van der Waals surface area contributed by atoms with Crippen molar-refractivity contribution in [3.8, 4) is 6.07 Å². The molecule has 2 bridgehead atoms. The molecule has 2 saturated heterocycles. The number of piperazine rings is 1. The molecule has 0 spiro atoms. The minimum Gasteiger partial charge on any atom is -0.335 e. The van der Waals surface area contributed by atoms with Gasteiger partial charge in [-0.05, 0) is 51.3 Å². The van der Waals surface area contributed by atoms with E-state index < -0.39 is 0 Å². The number of nitrogens with zero attached hydrogens (tertiary/aromatic N) is 3. The number of carbonyl (C=O) groups excluding carboxylic acids is 2. The molecule has 0 aromatic heterocycles. The first kappa shape index (κ1) is 19.4. The maximum atomic E-state index is 13.1. The molecule has 0 unspecified atom stereocenters. The Kier molecular flexibility index (Phi) is 5.57. The van der Waals surface area contributed by atoms with Crippen LogP contribution in [0, 0.1) is 11.3 Å². The highest BCUT2D eigenvalue weighted by Gasteiger charge is 2.44. The molecule has 1 aromatic rings. The molecule has 6 heteroatoms. The van der Waals surface area contributed by atoms with Crippen LogP contribution in [0.15, 0.2) is 29.3 Å². The number of likely N-dealkylation sites (tertiary alicyclic amines) is 1. The molecule has 27 heavy (non-hydrogen) atoms. The van der Waals surface area contributed by atoms with E-state index >= 15 is 0 Å². The van der Waals surface area contributed by atoms with Gasteiger partial charge in [-0.15, -0.1) is 0 Å². The molecule has 2 aliphatic rings. The summed E-state index contributed by atoms with van der Waals surface area (Å²) in [6.45, 7) is 7.06. The summed E-state index contributed by atoms with van der Waals surface area (Å²) in [6.07, 6.45) is 2.66. The number of amides is 2. The summed E-state index contributed by atoms with van der Waals surface area (Å²) in [6, 6.07) is 6.89. The lowest BCUT2D eigenvalue weighted by molar-refractivity contribution is -0.130. The fourth-order valence-electron chi connectivity index (χ4n) is 3.98. The van der Waals surface area contributed by atoms with Crippen LogP contribution in [0.2, 0.25) is 5.02 Å². The van der Waals surface area contributed by atoms with Crippen molar-refractivity contribution >= 4 is 23.4 Å². The average molecular weight is 386 g/mol. The van der Waals surface area contributed by atoms with Gasteiger partial charge in [0.15, 0.2) is 0 Å². The van der Waals surface area contributed by atoms with Crippen molar-refractivity contribution in [2.75, 3.05) is 13.1 Å². The lowest BCUT2D eigenvalue weighted by atomic mass is 10.0. The van der Waals surface area contributed by atoms with Gasteiger partial charge in [-0.2, -0.15) is 5.26 Å². The second-order valence-corrected chi connectivity index (χ2v) is 7.78. The van der Waals surface area contributed by atoms with Gasteiger partial charge in [-0.25, -0.2) is 0 Å². The molecule has 2 amide bonds. The highest BCUT2D eigenvalue weighted by Crippen LogP contribution is 2.33. The van der Waals surface area contributed by atoms with Gasteiger partial charge in [0.25, 0.3) is 5.91 Å². The van der Waals surface area contributed by atoms with E-state index in [4.69, 9.17) is 16.9 Å². The van der Waals surface area contributed by atoms with Gasteiger partial charge in [0, 0.05) is 24.2 Å². The molecule has 5 nitrogen and oxygen atoms in total. The maximum absolute atomic E-state index is 13.1. The van der Waals surface area contributed by atoms with E-state index in [1.54, 1.807) is 18.2 Å². The van der Waals surface area contributed by atoms with Crippen LogP contribution in [0.25, 0.3) is 0 Å². The molecule has 0 saturated carbocycles. The Morgan fingerprint density at radius 3 is 2.41 bits per heavy atom. The van der Waals surface area contributed by atoms with Gasteiger partial charge in [-0.3, -0.25) is 9.59 Å². The van der Waals surface area contributed by atoms with Gasteiger partial charge in [-0.1, -0.05) is 24.1 Å². The normalized spacial score (nSPS) is 22.3. The summed E-state index contributed by atoms with van der Waals surface area (Å²) in [7, 11) is 0. The van der Waals surface area contributed by atoms with Crippen molar-refractivity contribution in [1.29, 1.82) is 5.26 Å². The van der Waals surface area contributed by atoms with E-state index in [1.807, 2.05) is 36.6 Å². The van der Waals surface area contributed by atoms with E-state index in [2.05, 4.69) is 0 Å². The van der Waals surface area contributed by atoms with Gasteiger partial charge in [0.2, 0.25) is 5.91 Å². The van der Waals surface area contributed by atoms with Crippen molar-refractivity contribution in [2.24, 2.45) is 0 Å². The molecule has 2 atom stereocenters. The lowest BCUT2D eigenvalue weighted by Crippen LogP contribution is -2.57. The van der Waals surface area contributed by atoms with Crippen LogP contribution in [-0.4, -0.2) is 46.8 Å². The number of hydrogen-bond acceptors (Lipinski definition) is 3. The van der Waals surface area contributed by atoms with Crippen LogP contribution >= 0.6 is 11.6 Å². The molecule has 2 aliphatic heterocycles. The zero-order chi connectivity index (χ0) is 19.7. The third-order valence-electron chi connectivity index (χ3n) is 5.83. The Bertz CT molecular complexity index is 841. The van der Waals surface area contributed by atoms with Crippen LogP contribution in [0.1, 0.15) is 56.0 Å². The number of allylic oxidation sites excluding steroid dienone is 1. The van der Waals surface area contributed by atoms with Crippen molar-refractivity contribution in [1.82, 2.24) is 9.80 Å². The van der Waals surface area contributed by atoms with Gasteiger partial charge in [0.05, 0.1) is 22.7 Å². The largest absolute Gasteiger partial charge is 0.335 e. The summed E-state index contributed by atoms with van der Waals surface area (Å²) in [4.78, 5) is 29.7. The molecule has 2 fully saturated rings. The molecule has 0 radical (unpaired) electrons. The van der Waals surface area contributed by atoms with E-state index in [-0.39, 0.29) is 23.9 Å². The van der Waals surface area contributed by atoms with Crippen molar-refractivity contribution in [3.63, 3.8) is 0 Å². The Hall–Kier alpha value is -2.32. The molecule has 3 rings (SSSR count). The first-order chi connectivity index (χ1) is 12.9. The summed E-state index contributed by atoms with van der Waals surface area (Å²) >= 11 is 5.98. The van der Waals surface area contributed by atoms with Crippen LogP contribution in [0.5, 0.6) is 0 Å². The highest BCUT2D eigenvalue weighted by atomic mass is 35.5. The van der Waals surface area contributed by atoms with Crippen molar-refractivity contribution < 1.29 is 9.59 Å². The lowest BCUT2D eigenvalue weighted by Gasteiger charge is -2.41. The van der Waals surface area contributed by atoms with Gasteiger partial charge in [0.1, 0.15) is 6.07 Å². The van der Waals surface area contributed by atoms with Crippen LogP contribution < -0.4 is 0 Å². The minimum absolute atomic E-state index is 0.0242. The van der Waals surface area contributed by atoms with Crippen molar-refractivity contribution in [2.45, 2.75) is 52.1 Å². The number of hydrogen-bond donors (Lipinski definition) is 0. The average Bonchev–Trinajstić information content (AvgIpc) is 2.95. The molecule has 0 N–H and O–H groups in total. The summed E-state index contributed by atoms with van der Waals surface area (Å²) < 4.78 is 0. The quantitative estimate of drug-likeness (QED) is 0.744. The monoisotopic (exact) mass is 385 g/mol. The predicted molar refractivity (Wildman–Crippen MR) is 104 cm³/mol. The minimum atomic E-state index is -0.0835. The summed E-state index contributed by atoms with van der Waals surface area (Å²) in [5, 5.41) is 9.50. The first-order valence-electron chi connectivity index (χ1n) is 9.35. The molecule has 2 heterocycles. The second kappa shape index (κ2) is 7.74. The van der Waals surface area contributed by atoms with Crippen LogP contribution in [-0.2, 0) is 4.79 Å². The van der Waals surface area contributed by atoms with Crippen molar-refractivity contribution in [3.05, 3.63) is 45.5 Å².